The monoisotopic (exact) mass is 326 g/mol. The number of methoxy groups -OCH3 is 1. The maximum Gasteiger partial charge on any atom is 0.277 e. The highest BCUT2D eigenvalue weighted by Gasteiger charge is 2.33. The van der Waals surface area contributed by atoms with Crippen molar-refractivity contribution in [3.05, 3.63) is 65.7 Å². The molecule has 2 aromatic rings. The molecule has 4 nitrogen and oxygen atoms in total. The SMILES string of the molecule is C=CCN1C(=O)C(=Nc2cccc(Cl)c2)c2ccc(OC)cc21. The summed E-state index contributed by atoms with van der Waals surface area (Å²) in [7, 11) is 1.59. The van der Waals surface area contributed by atoms with Crippen LogP contribution in [-0.4, -0.2) is 25.3 Å². The van der Waals surface area contributed by atoms with E-state index >= 15 is 0 Å². The number of rotatable bonds is 4. The molecule has 0 aliphatic carbocycles. The van der Waals surface area contributed by atoms with Crippen LogP contribution >= 0.6 is 11.6 Å². The molecule has 0 unspecified atom stereocenters. The Hall–Kier alpha value is -2.59. The predicted octanol–water partition coefficient (Wildman–Crippen LogP) is 4.00. The minimum Gasteiger partial charge on any atom is -0.497 e. The second kappa shape index (κ2) is 6.26. The summed E-state index contributed by atoms with van der Waals surface area (Å²) in [6, 6.07) is 12.6. The van der Waals surface area contributed by atoms with Gasteiger partial charge in [0.2, 0.25) is 0 Å². The van der Waals surface area contributed by atoms with Gasteiger partial charge in [-0.2, -0.15) is 0 Å². The normalized spacial score (nSPS) is 15.0. The lowest BCUT2D eigenvalue weighted by molar-refractivity contribution is -0.112. The Labute approximate surface area is 139 Å². The highest BCUT2D eigenvalue weighted by Crippen LogP contribution is 2.34. The van der Waals surface area contributed by atoms with Crippen LogP contribution in [0.25, 0.3) is 0 Å². The van der Waals surface area contributed by atoms with Crippen molar-refractivity contribution in [2.75, 3.05) is 18.6 Å². The molecule has 0 radical (unpaired) electrons. The topological polar surface area (TPSA) is 41.9 Å². The molecule has 0 spiro atoms. The van der Waals surface area contributed by atoms with Gasteiger partial charge in [-0.1, -0.05) is 23.7 Å². The van der Waals surface area contributed by atoms with Gasteiger partial charge in [0.15, 0.2) is 0 Å². The molecule has 0 bridgehead atoms. The number of halogens is 1. The van der Waals surface area contributed by atoms with Crippen molar-refractivity contribution in [3.8, 4) is 5.75 Å². The molecule has 0 atom stereocenters. The summed E-state index contributed by atoms with van der Waals surface area (Å²) in [6.07, 6.45) is 1.68. The maximum atomic E-state index is 12.7. The number of hydrogen-bond donors (Lipinski definition) is 0. The van der Waals surface area contributed by atoms with Crippen LogP contribution in [0.2, 0.25) is 5.02 Å². The summed E-state index contributed by atoms with van der Waals surface area (Å²) >= 11 is 5.99. The van der Waals surface area contributed by atoms with Gasteiger partial charge in [-0.3, -0.25) is 4.79 Å². The summed E-state index contributed by atoms with van der Waals surface area (Å²) in [5.74, 6) is 0.530. The van der Waals surface area contributed by atoms with E-state index in [9.17, 15) is 4.79 Å². The first kappa shape index (κ1) is 15.3. The molecule has 1 aliphatic heterocycles. The van der Waals surface area contributed by atoms with Gasteiger partial charge in [-0.05, 0) is 30.3 Å². The third-order valence-electron chi connectivity index (χ3n) is 3.56. The fourth-order valence-electron chi connectivity index (χ4n) is 2.51. The largest absolute Gasteiger partial charge is 0.497 e. The first-order valence-corrected chi connectivity index (χ1v) is 7.47. The fourth-order valence-corrected chi connectivity index (χ4v) is 2.69. The number of nitrogens with zero attached hydrogens (tertiary/aromatic N) is 2. The molecule has 0 N–H and O–H groups in total. The van der Waals surface area contributed by atoms with Crippen LogP contribution < -0.4 is 9.64 Å². The maximum absolute atomic E-state index is 12.7. The molecule has 1 aliphatic rings. The predicted molar refractivity (Wildman–Crippen MR) is 93.2 cm³/mol. The van der Waals surface area contributed by atoms with Crippen LogP contribution in [0, 0.1) is 0 Å². The first-order valence-electron chi connectivity index (χ1n) is 7.09. The fraction of sp³-hybridized carbons (Fsp3) is 0.111. The Kier molecular flexibility index (Phi) is 4.17. The minimum absolute atomic E-state index is 0.159. The summed E-state index contributed by atoms with van der Waals surface area (Å²) < 4.78 is 5.25. The van der Waals surface area contributed by atoms with Gasteiger partial charge in [-0.25, -0.2) is 4.99 Å². The van der Waals surface area contributed by atoms with Gasteiger partial charge >= 0.3 is 0 Å². The molecular formula is C18H15ClN2O2. The van der Waals surface area contributed by atoms with Crippen molar-refractivity contribution >= 4 is 34.6 Å². The van der Waals surface area contributed by atoms with Crippen LogP contribution in [-0.2, 0) is 4.79 Å². The Morgan fingerprint density at radius 1 is 1.30 bits per heavy atom. The lowest BCUT2D eigenvalue weighted by Crippen LogP contribution is -2.30. The molecule has 116 valence electrons. The van der Waals surface area contributed by atoms with Crippen LogP contribution in [0.3, 0.4) is 0 Å². The molecule has 5 heteroatoms. The van der Waals surface area contributed by atoms with E-state index in [1.807, 2.05) is 24.3 Å². The summed E-state index contributed by atoms with van der Waals surface area (Å²) in [5, 5.41) is 0.579. The Bertz CT molecular complexity index is 814. The zero-order valence-electron chi connectivity index (χ0n) is 12.6. The number of aliphatic imine (C=N–C) groups is 1. The van der Waals surface area contributed by atoms with Crippen LogP contribution in [0.4, 0.5) is 11.4 Å². The number of amides is 1. The average Bonchev–Trinajstić information content (AvgIpc) is 2.80. The molecular weight excluding hydrogens is 312 g/mol. The van der Waals surface area contributed by atoms with Crippen molar-refractivity contribution in [1.82, 2.24) is 0 Å². The van der Waals surface area contributed by atoms with E-state index in [4.69, 9.17) is 16.3 Å². The van der Waals surface area contributed by atoms with Gasteiger partial charge in [0.05, 0.1) is 18.5 Å². The van der Waals surface area contributed by atoms with Crippen LogP contribution in [0.15, 0.2) is 60.1 Å². The van der Waals surface area contributed by atoms with Crippen molar-refractivity contribution < 1.29 is 9.53 Å². The standard InChI is InChI=1S/C18H15ClN2O2/c1-3-9-21-16-11-14(23-2)7-8-15(16)17(18(21)22)20-13-6-4-5-12(19)10-13/h3-8,10-11H,1,9H2,2H3. The van der Waals surface area contributed by atoms with Gasteiger partial charge < -0.3 is 9.64 Å². The number of benzene rings is 2. The average molecular weight is 327 g/mol. The van der Waals surface area contributed by atoms with Crippen molar-refractivity contribution in [2.24, 2.45) is 4.99 Å². The third-order valence-corrected chi connectivity index (χ3v) is 3.79. The zero-order chi connectivity index (χ0) is 16.4. The molecule has 2 aromatic carbocycles. The smallest absolute Gasteiger partial charge is 0.277 e. The first-order chi connectivity index (χ1) is 11.1. The number of carbonyl (C=O) groups excluding carboxylic acids is 1. The Morgan fingerprint density at radius 2 is 2.13 bits per heavy atom. The number of hydrogen-bond acceptors (Lipinski definition) is 3. The van der Waals surface area contributed by atoms with Gasteiger partial charge in [-0.15, -0.1) is 6.58 Å². The molecule has 0 saturated carbocycles. The quantitative estimate of drug-likeness (QED) is 0.797. The highest BCUT2D eigenvalue weighted by atomic mass is 35.5. The number of ether oxygens (including phenoxy) is 1. The molecule has 23 heavy (non-hydrogen) atoms. The van der Waals surface area contributed by atoms with E-state index in [0.717, 1.165) is 11.3 Å². The van der Waals surface area contributed by atoms with E-state index < -0.39 is 0 Å². The minimum atomic E-state index is -0.159. The van der Waals surface area contributed by atoms with E-state index in [0.29, 0.717) is 28.7 Å². The van der Waals surface area contributed by atoms with Crippen LogP contribution in [0.5, 0.6) is 5.75 Å². The van der Waals surface area contributed by atoms with Crippen molar-refractivity contribution in [3.63, 3.8) is 0 Å². The second-order valence-electron chi connectivity index (χ2n) is 5.03. The van der Waals surface area contributed by atoms with Gasteiger partial charge in [0.1, 0.15) is 11.5 Å². The second-order valence-corrected chi connectivity index (χ2v) is 5.46. The summed E-state index contributed by atoms with van der Waals surface area (Å²) in [6.45, 7) is 4.12. The number of anilines is 1. The van der Waals surface area contributed by atoms with Crippen LogP contribution in [0.1, 0.15) is 5.56 Å². The van der Waals surface area contributed by atoms with Gasteiger partial charge in [0.25, 0.3) is 5.91 Å². The third kappa shape index (κ3) is 2.85. The molecule has 0 aromatic heterocycles. The van der Waals surface area contributed by atoms with Crippen molar-refractivity contribution in [1.29, 1.82) is 0 Å². The molecule has 1 amide bonds. The van der Waals surface area contributed by atoms with Crippen molar-refractivity contribution in [2.45, 2.75) is 0 Å². The molecule has 0 saturated heterocycles. The van der Waals surface area contributed by atoms with E-state index in [2.05, 4.69) is 11.6 Å². The molecule has 1 heterocycles. The summed E-state index contributed by atoms with van der Waals surface area (Å²) in [5.41, 5.74) is 2.59. The Balaban J connectivity index is 2.12. The van der Waals surface area contributed by atoms with E-state index in [1.165, 1.54) is 0 Å². The van der Waals surface area contributed by atoms with Gasteiger partial charge in [0, 0.05) is 23.2 Å². The van der Waals surface area contributed by atoms with E-state index in [-0.39, 0.29) is 5.91 Å². The Morgan fingerprint density at radius 3 is 2.83 bits per heavy atom. The number of fused-ring (bicyclic) bond motifs is 1. The zero-order valence-corrected chi connectivity index (χ0v) is 13.4. The number of carbonyl (C=O) groups is 1. The highest BCUT2D eigenvalue weighted by molar-refractivity contribution is 6.54. The molecule has 3 rings (SSSR count). The summed E-state index contributed by atoms with van der Waals surface area (Å²) in [4.78, 5) is 18.8. The lowest BCUT2D eigenvalue weighted by atomic mass is 10.1. The molecule has 0 fully saturated rings. The lowest BCUT2D eigenvalue weighted by Gasteiger charge is -2.14. The van der Waals surface area contributed by atoms with E-state index in [1.54, 1.807) is 36.3 Å².